The van der Waals surface area contributed by atoms with Crippen LogP contribution >= 0.6 is 0 Å². The van der Waals surface area contributed by atoms with Crippen LogP contribution in [0.25, 0.3) is 0 Å². The van der Waals surface area contributed by atoms with Crippen molar-refractivity contribution in [2.75, 3.05) is 19.8 Å². The summed E-state index contributed by atoms with van der Waals surface area (Å²) < 4.78 is 18.9. The Balaban J connectivity index is 2.45. The molecule has 4 heteroatoms. The van der Waals surface area contributed by atoms with E-state index in [1.807, 2.05) is 6.92 Å². The standard InChI is InChI=1S/C15H24FNO2/c1-4-8-17-15(3,11-18)7-9-19-13-6-5-12(2)14(16)10-13/h5-6,10,17-18H,4,7-9,11H2,1-3H3. The maximum atomic E-state index is 13.3. The summed E-state index contributed by atoms with van der Waals surface area (Å²) in [5.41, 5.74) is 0.261. The first-order valence-electron chi connectivity index (χ1n) is 6.75. The highest BCUT2D eigenvalue weighted by Gasteiger charge is 2.22. The minimum atomic E-state index is -0.348. The van der Waals surface area contributed by atoms with Gasteiger partial charge in [-0.05, 0) is 38.4 Å². The van der Waals surface area contributed by atoms with Crippen LogP contribution in [0, 0.1) is 12.7 Å². The van der Waals surface area contributed by atoms with E-state index < -0.39 is 0 Å². The number of aliphatic hydroxyl groups excluding tert-OH is 1. The van der Waals surface area contributed by atoms with Gasteiger partial charge in [0.1, 0.15) is 11.6 Å². The lowest BCUT2D eigenvalue weighted by Crippen LogP contribution is -2.47. The van der Waals surface area contributed by atoms with E-state index in [0.29, 0.717) is 24.3 Å². The molecule has 0 saturated carbocycles. The fourth-order valence-corrected chi connectivity index (χ4v) is 1.71. The Labute approximate surface area is 114 Å². The lowest BCUT2D eigenvalue weighted by atomic mass is 9.99. The van der Waals surface area contributed by atoms with Crippen molar-refractivity contribution in [2.45, 2.75) is 39.2 Å². The van der Waals surface area contributed by atoms with Crippen LogP contribution in [0.15, 0.2) is 18.2 Å². The third-order valence-corrected chi connectivity index (χ3v) is 3.22. The number of ether oxygens (including phenoxy) is 1. The van der Waals surface area contributed by atoms with Gasteiger partial charge in [-0.2, -0.15) is 0 Å². The van der Waals surface area contributed by atoms with Crippen molar-refractivity contribution in [3.8, 4) is 5.75 Å². The van der Waals surface area contributed by atoms with E-state index in [1.54, 1.807) is 19.1 Å². The van der Waals surface area contributed by atoms with E-state index in [-0.39, 0.29) is 18.0 Å². The molecular formula is C15H24FNO2. The molecule has 0 saturated heterocycles. The van der Waals surface area contributed by atoms with Crippen LogP contribution in [0.4, 0.5) is 4.39 Å². The predicted octanol–water partition coefficient (Wildman–Crippen LogP) is 2.65. The highest BCUT2D eigenvalue weighted by Crippen LogP contribution is 2.17. The maximum absolute atomic E-state index is 13.3. The molecular weight excluding hydrogens is 245 g/mol. The van der Waals surface area contributed by atoms with Crippen LogP contribution < -0.4 is 10.1 Å². The SMILES string of the molecule is CCCNC(C)(CO)CCOc1ccc(C)c(F)c1. The smallest absolute Gasteiger partial charge is 0.129 e. The molecule has 19 heavy (non-hydrogen) atoms. The Morgan fingerprint density at radius 3 is 2.74 bits per heavy atom. The number of hydrogen-bond donors (Lipinski definition) is 2. The van der Waals surface area contributed by atoms with Crippen molar-refractivity contribution in [1.82, 2.24) is 5.32 Å². The first-order valence-corrected chi connectivity index (χ1v) is 6.75. The zero-order valence-corrected chi connectivity index (χ0v) is 12.0. The molecule has 0 amide bonds. The molecule has 3 nitrogen and oxygen atoms in total. The van der Waals surface area contributed by atoms with E-state index in [9.17, 15) is 9.50 Å². The van der Waals surface area contributed by atoms with Gasteiger partial charge in [0.05, 0.1) is 13.2 Å². The predicted molar refractivity (Wildman–Crippen MR) is 75.0 cm³/mol. The molecule has 108 valence electrons. The van der Waals surface area contributed by atoms with Gasteiger partial charge < -0.3 is 15.2 Å². The molecule has 0 aliphatic heterocycles. The monoisotopic (exact) mass is 269 g/mol. The van der Waals surface area contributed by atoms with Crippen molar-refractivity contribution < 1.29 is 14.2 Å². The molecule has 0 spiro atoms. The summed E-state index contributed by atoms with van der Waals surface area (Å²) >= 11 is 0. The lowest BCUT2D eigenvalue weighted by Gasteiger charge is -2.28. The summed E-state index contributed by atoms with van der Waals surface area (Å²) in [4.78, 5) is 0. The number of rotatable bonds is 8. The highest BCUT2D eigenvalue weighted by molar-refractivity contribution is 5.27. The topological polar surface area (TPSA) is 41.5 Å². The lowest BCUT2D eigenvalue weighted by molar-refractivity contribution is 0.144. The first kappa shape index (κ1) is 15.9. The van der Waals surface area contributed by atoms with Gasteiger partial charge in [0.15, 0.2) is 0 Å². The van der Waals surface area contributed by atoms with Crippen molar-refractivity contribution in [1.29, 1.82) is 0 Å². The molecule has 0 fully saturated rings. The van der Waals surface area contributed by atoms with Crippen molar-refractivity contribution >= 4 is 0 Å². The minimum absolute atomic E-state index is 0.0542. The second-order valence-electron chi connectivity index (χ2n) is 5.16. The second kappa shape index (κ2) is 7.46. The van der Waals surface area contributed by atoms with Crippen molar-refractivity contribution in [2.24, 2.45) is 0 Å². The van der Waals surface area contributed by atoms with Crippen LogP contribution in [0.5, 0.6) is 5.75 Å². The molecule has 2 N–H and O–H groups in total. The second-order valence-corrected chi connectivity index (χ2v) is 5.16. The Bertz CT molecular complexity index is 398. The fourth-order valence-electron chi connectivity index (χ4n) is 1.71. The van der Waals surface area contributed by atoms with Gasteiger partial charge in [0.25, 0.3) is 0 Å². The molecule has 1 unspecified atom stereocenters. The molecule has 0 aromatic heterocycles. The van der Waals surface area contributed by atoms with E-state index in [0.717, 1.165) is 13.0 Å². The summed E-state index contributed by atoms with van der Waals surface area (Å²) in [6.45, 7) is 7.11. The van der Waals surface area contributed by atoms with Gasteiger partial charge in [-0.3, -0.25) is 0 Å². The van der Waals surface area contributed by atoms with Crippen LogP contribution in [-0.4, -0.2) is 30.4 Å². The van der Waals surface area contributed by atoms with Gasteiger partial charge in [0, 0.05) is 18.0 Å². The van der Waals surface area contributed by atoms with E-state index in [2.05, 4.69) is 12.2 Å². The van der Waals surface area contributed by atoms with Crippen LogP contribution in [-0.2, 0) is 0 Å². The van der Waals surface area contributed by atoms with Crippen LogP contribution in [0.1, 0.15) is 32.3 Å². The van der Waals surface area contributed by atoms with Gasteiger partial charge in [-0.1, -0.05) is 13.0 Å². The minimum Gasteiger partial charge on any atom is -0.493 e. The van der Waals surface area contributed by atoms with Gasteiger partial charge >= 0.3 is 0 Å². The Morgan fingerprint density at radius 2 is 2.16 bits per heavy atom. The Morgan fingerprint density at radius 1 is 1.42 bits per heavy atom. The average Bonchev–Trinajstić information content (AvgIpc) is 2.40. The van der Waals surface area contributed by atoms with E-state index >= 15 is 0 Å². The Hall–Kier alpha value is -1.13. The third-order valence-electron chi connectivity index (χ3n) is 3.22. The quantitative estimate of drug-likeness (QED) is 0.762. The first-order chi connectivity index (χ1) is 9.00. The molecule has 0 aliphatic rings. The normalized spacial score (nSPS) is 14.2. The zero-order valence-electron chi connectivity index (χ0n) is 12.0. The van der Waals surface area contributed by atoms with Crippen molar-refractivity contribution in [3.05, 3.63) is 29.6 Å². The molecule has 0 radical (unpaired) electrons. The fraction of sp³-hybridized carbons (Fsp3) is 0.600. The molecule has 1 aromatic carbocycles. The number of benzene rings is 1. The van der Waals surface area contributed by atoms with Crippen LogP contribution in [0.2, 0.25) is 0 Å². The summed E-state index contributed by atoms with van der Waals surface area (Å²) in [6, 6.07) is 4.85. The number of aliphatic hydroxyl groups is 1. The van der Waals surface area contributed by atoms with E-state index in [4.69, 9.17) is 4.74 Å². The number of nitrogens with one attached hydrogen (secondary N) is 1. The van der Waals surface area contributed by atoms with Gasteiger partial charge in [0.2, 0.25) is 0 Å². The summed E-state index contributed by atoms with van der Waals surface area (Å²) in [6.07, 6.45) is 1.68. The molecule has 0 bridgehead atoms. The number of hydrogen-bond acceptors (Lipinski definition) is 3. The average molecular weight is 269 g/mol. The largest absolute Gasteiger partial charge is 0.493 e. The molecule has 0 aliphatic carbocycles. The highest BCUT2D eigenvalue weighted by atomic mass is 19.1. The molecule has 0 heterocycles. The molecule has 1 aromatic rings. The molecule has 1 atom stereocenters. The number of aryl methyl sites for hydroxylation is 1. The third kappa shape index (κ3) is 5.17. The van der Waals surface area contributed by atoms with Crippen LogP contribution in [0.3, 0.4) is 0 Å². The Kier molecular flexibility index (Phi) is 6.25. The van der Waals surface area contributed by atoms with Gasteiger partial charge in [-0.15, -0.1) is 0 Å². The number of halogens is 1. The summed E-state index contributed by atoms with van der Waals surface area (Å²) in [5, 5.41) is 12.7. The molecule has 1 rings (SSSR count). The van der Waals surface area contributed by atoms with Gasteiger partial charge in [-0.25, -0.2) is 4.39 Å². The van der Waals surface area contributed by atoms with Crippen molar-refractivity contribution in [3.63, 3.8) is 0 Å². The summed E-state index contributed by atoms with van der Waals surface area (Å²) in [7, 11) is 0. The maximum Gasteiger partial charge on any atom is 0.129 e. The zero-order chi connectivity index (χ0) is 14.3. The summed E-state index contributed by atoms with van der Waals surface area (Å²) in [5.74, 6) is 0.269. The van der Waals surface area contributed by atoms with E-state index in [1.165, 1.54) is 6.07 Å².